The first-order valence-corrected chi connectivity index (χ1v) is 9.96. The summed E-state index contributed by atoms with van der Waals surface area (Å²) in [7, 11) is 0. The van der Waals surface area contributed by atoms with Crippen molar-refractivity contribution in [1.82, 2.24) is 0 Å². The first kappa shape index (κ1) is 17.0. The molecule has 0 saturated carbocycles. The van der Waals surface area contributed by atoms with Crippen molar-refractivity contribution in [2.75, 3.05) is 4.90 Å². The smallest absolute Gasteiger partial charge is 0.241 e. The molecular formula is C24H16ClNO3. The molecule has 1 heterocycles. The van der Waals surface area contributed by atoms with Gasteiger partial charge in [-0.15, -0.1) is 0 Å². The molecule has 3 aliphatic carbocycles. The van der Waals surface area contributed by atoms with Crippen LogP contribution in [0.15, 0.2) is 72.8 Å². The highest BCUT2D eigenvalue weighted by Crippen LogP contribution is 2.63. The molecule has 2 bridgehead atoms. The molecule has 1 aliphatic heterocycles. The fraction of sp³-hybridized carbons (Fsp3) is 0.167. The molecule has 3 aromatic rings. The van der Waals surface area contributed by atoms with Crippen LogP contribution in [-0.2, 0) is 15.2 Å². The summed E-state index contributed by atoms with van der Waals surface area (Å²) in [5, 5.41) is 12.6. The molecule has 1 fully saturated rings. The average Bonchev–Trinajstić information content (AvgIpc) is 3.01. The van der Waals surface area contributed by atoms with Gasteiger partial charge in [0.05, 0.1) is 17.5 Å². The summed E-state index contributed by atoms with van der Waals surface area (Å²) in [5.41, 5.74) is 2.26. The van der Waals surface area contributed by atoms with Gasteiger partial charge in [-0.3, -0.25) is 9.59 Å². The van der Waals surface area contributed by atoms with E-state index in [0.29, 0.717) is 10.7 Å². The Morgan fingerprint density at radius 3 is 1.93 bits per heavy atom. The third kappa shape index (κ3) is 1.93. The van der Waals surface area contributed by atoms with Gasteiger partial charge < -0.3 is 5.11 Å². The molecule has 2 atom stereocenters. The molecule has 4 aliphatic rings. The lowest BCUT2D eigenvalue weighted by Gasteiger charge is -2.51. The van der Waals surface area contributed by atoms with Crippen LogP contribution in [0.3, 0.4) is 0 Å². The van der Waals surface area contributed by atoms with E-state index < -0.39 is 17.4 Å². The third-order valence-electron chi connectivity index (χ3n) is 6.66. The van der Waals surface area contributed by atoms with E-state index in [2.05, 4.69) is 0 Å². The van der Waals surface area contributed by atoms with E-state index in [1.165, 1.54) is 4.90 Å². The van der Waals surface area contributed by atoms with Crippen molar-refractivity contribution < 1.29 is 14.7 Å². The van der Waals surface area contributed by atoms with E-state index in [-0.39, 0.29) is 17.7 Å². The van der Waals surface area contributed by atoms with Crippen molar-refractivity contribution in [2.45, 2.75) is 11.5 Å². The van der Waals surface area contributed by atoms with Crippen LogP contribution in [0.4, 0.5) is 5.69 Å². The van der Waals surface area contributed by atoms with Crippen molar-refractivity contribution in [3.8, 4) is 0 Å². The largest absolute Gasteiger partial charge is 0.379 e. The van der Waals surface area contributed by atoms with Gasteiger partial charge >= 0.3 is 0 Å². The van der Waals surface area contributed by atoms with E-state index in [9.17, 15) is 14.7 Å². The van der Waals surface area contributed by atoms with E-state index >= 15 is 0 Å². The van der Waals surface area contributed by atoms with Crippen molar-refractivity contribution in [1.29, 1.82) is 0 Å². The number of rotatable bonds is 1. The Hall–Kier alpha value is -2.95. The minimum Gasteiger partial charge on any atom is -0.379 e. The summed E-state index contributed by atoms with van der Waals surface area (Å²) in [6.07, 6.45) is 0. The second-order valence-electron chi connectivity index (χ2n) is 7.91. The first-order valence-electron chi connectivity index (χ1n) is 9.58. The predicted molar refractivity (Wildman–Crippen MR) is 109 cm³/mol. The minimum absolute atomic E-state index is 0.254. The van der Waals surface area contributed by atoms with Crippen LogP contribution in [0, 0.1) is 11.8 Å². The Kier molecular flexibility index (Phi) is 3.25. The highest BCUT2D eigenvalue weighted by molar-refractivity contribution is 6.31. The van der Waals surface area contributed by atoms with E-state index in [0.717, 1.165) is 22.3 Å². The number of amides is 2. The maximum atomic E-state index is 13.6. The van der Waals surface area contributed by atoms with Gasteiger partial charge in [-0.1, -0.05) is 60.1 Å². The summed E-state index contributed by atoms with van der Waals surface area (Å²) in [6, 6.07) is 21.9. The summed E-state index contributed by atoms with van der Waals surface area (Å²) >= 11 is 5.98. The SMILES string of the molecule is O=C1[C@H]2C3c4ccccc4C(O)(c4ccccc43)[C@H]2C(=O)N1c1ccc(Cl)cc1. The van der Waals surface area contributed by atoms with Gasteiger partial charge in [0.25, 0.3) is 0 Å². The number of benzene rings is 3. The average molecular weight is 402 g/mol. The lowest BCUT2D eigenvalue weighted by Crippen LogP contribution is -2.53. The zero-order valence-electron chi connectivity index (χ0n) is 15.2. The molecule has 2 amide bonds. The molecule has 0 aromatic heterocycles. The Morgan fingerprint density at radius 1 is 0.793 bits per heavy atom. The molecule has 1 saturated heterocycles. The highest BCUT2D eigenvalue weighted by Gasteiger charge is 2.68. The molecule has 7 rings (SSSR count). The van der Waals surface area contributed by atoms with Gasteiger partial charge in [0.2, 0.25) is 11.8 Å². The zero-order valence-corrected chi connectivity index (χ0v) is 16.0. The van der Waals surface area contributed by atoms with Crippen molar-refractivity contribution in [2.24, 2.45) is 11.8 Å². The van der Waals surface area contributed by atoms with Gasteiger partial charge in [-0.2, -0.15) is 0 Å². The number of anilines is 1. The van der Waals surface area contributed by atoms with Gasteiger partial charge in [0.1, 0.15) is 5.60 Å². The summed E-state index contributed by atoms with van der Waals surface area (Å²) in [6.45, 7) is 0. The van der Waals surface area contributed by atoms with E-state index in [1.54, 1.807) is 24.3 Å². The Morgan fingerprint density at radius 2 is 1.34 bits per heavy atom. The zero-order chi connectivity index (χ0) is 19.9. The fourth-order valence-electron chi connectivity index (χ4n) is 5.58. The maximum absolute atomic E-state index is 13.6. The van der Waals surface area contributed by atoms with Crippen LogP contribution in [0.5, 0.6) is 0 Å². The number of nitrogens with zero attached hydrogens (tertiary/aromatic N) is 1. The number of carbonyl (C=O) groups excluding carboxylic acids is 2. The van der Waals surface area contributed by atoms with Gasteiger partial charge in [-0.25, -0.2) is 4.90 Å². The Labute approximate surface area is 172 Å². The molecular weight excluding hydrogens is 386 g/mol. The van der Waals surface area contributed by atoms with Gasteiger partial charge in [-0.05, 0) is 46.5 Å². The van der Waals surface area contributed by atoms with Crippen molar-refractivity contribution in [3.63, 3.8) is 0 Å². The number of imide groups is 1. The molecule has 3 aromatic carbocycles. The number of aliphatic hydroxyl groups is 1. The minimum atomic E-state index is -1.53. The summed E-state index contributed by atoms with van der Waals surface area (Å²) in [5.74, 6) is -2.36. The second kappa shape index (κ2) is 5.56. The maximum Gasteiger partial charge on any atom is 0.241 e. The van der Waals surface area contributed by atoms with Crippen LogP contribution in [0.1, 0.15) is 28.2 Å². The van der Waals surface area contributed by atoms with Crippen molar-refractivity contribution in [3.05, 3.63) is 100 Å². The number of carbonyl (C=O) groups is 2. The van der Waals surface area contributed by atoms with E-state index in [4.69, 9.17) is 11.6 Å². The summed E-state index contributed by atoms with van der Waals surface area (Å²) in [4.78, 5) is 28.3. The Balaban J connectivity index is 1.61. The quantitative estimate of drug-likeness (QED) is 0.630. The predicted octanol–water partition coefficient (Wildman–Crippen LogP) is 3.84. The third-order valence-corrected chi connectivity index (χ3v) is 6.91. The lowest BCUT2D eigenvalue weighted by molar-refractivity contribution is -0.133. The van der Waals surface area contributed by atoms with Crippen molar-refractivity contribution >= 4 is 29.1 Å². The molecule has 0 radical (unpaired) electrons. The highest BCUT2D eigenvalue weighted by atomic mass is 35.5. The normalized spacial score (nSPS) is 28.9. The number of hydrogen-bond donors (Lipinski definition) is 1. The Bertz CT molecular complexity index is 1160. The lowest BCUT2D eigenvalue weighted by atomic mass is 9.52. The summed E-state index contributed by atoms with van der Waals surface area (Å²) < 4.78 is 0. The second-order valence-corrected chi connectivity index (χ2v) is 8.35. The van der Waals surface area contributed by atoms with Gasteiger partial charge in [0.15, 0.2) is 0 Å². The molecule has 29 heavy (non-hydrogen) atoms. The molecule has 0 spiro atoms. The molecule has 1 N–H and O–H groups in total. The first-order chi connectivity index (χ1) is 14.0. The van der Waals surface area contributed by atoms with Crippen LogP contribution in [-0.4, -0.2) is 16.9 Å². The standard InChI is InChI=1S/C24H16ClNO3/c25-13-9-11-14(12-10-13)26-22(27)20-19-15-5-1-3-7-17(15)24(29,21(20)23(26)28)18-8-4-2-6-16(18)19/h1-12,19-21,29H/t19?,20-,21+,24?/m0/s1. The topological polar surface area (TPSA) is 57.6 Å². The fourth-order valence-corrected chi connectivity index (χ4v) is 5.70. The van der Waals surface area contributed by atoms with E-state index in [1.807, 2.05) is 48.5 Å². The monoisotopic (exact) mass is 401 g/mol. The number of hydrogen-bond acceptors (Lipinski definition) is 3. The molecule has 5 heteroatoms. The molecule has 4 nitrogen and oxygen atoms in total. The van der Waals surface area contributed by atoms with Crippen LogP contribution in [0.2, 0.25) is 5.02 Å². The van der Waals surface area contributed by atoms with Crippen LogP contribution >= 0.6 is 11.6 Å². The molecule has 0 unspecified atom stereocenters. The molecule has 142 valence electrons. The van der Waals surface area contributed by atoms with Crippen LogP contribution < -0.4 is 4.90 Å². The number of halogens is 1. The van der Waals surface area contributed by atoms with Gasteiger partial charge in [0, 0.05) is 10.9 Å². The van der Waals surface area contributed by atoms with Crippen LogP contribution in [0.25, 0.3) is 0 Å².